The summed E-state index contributed by atoms with van der Waals surface area (Å²) in [5, 5.41) is 0.193. The van der Waals surface area contributed by atoms with Gasteiger partial charge in [0.15, 0.2) is 0 Å². The maximum atomic E-state index is 13.9. The Morgan fingerprint density at radius 1 is 0.778 bits per heavy atom. The summed E-state index contributed by atoms with van der Waals surface area (Å²) in [7, 11) is 0. The predicted octanol–water partition coefficient (Wildman–Crippen LogP) is 5.03. The summed E-state index contributed by atoms with van der Waals surface area (Å²) in [6, 6.07) is 20.2. The van der Waals surface area contributed by atoms with Gasteiger partial charge >= 0.3 is 0 Å². The number of carbonyl (C=O) groups excluding carboxylic acids is 4. The Morgan fingerprint density at radius 3 is 2.08 bits per heavy atom. The standard InChI is InChI=1S/C28H17Cl2NO5/c29-18-11-6-12-19(23(18)30)31-26(34)21-20(14-13-15-7-2-1-3-8-15)36-28(22(21)27(31)35)24(32)16-9-4-5-10-17(16)25(28)33/h1-14,20-22H/b14-13+/t20-,21-,22-/m1/s1. The van der Waals surface area contributed by atoms with E-state index in [0.29, 0.717) is 0 Å². The number of ketones is 2. The minimum absolute atomic E-state index is 0.0274. The summed E-state index contributed by atoms with van der Waals surface area (Å²) < 4.78 is 6.17. The molecule has 2 aliphatic heterocycles. The number of amides is 2. The third-order valence-electron chi connectivity index (χ3n) is 7.01. The van der Waals surface area contributed by atoms with Crippen molar-refractivity contribution >= 4 is 58.3 Å². The maximum Gasteiger partial charge on any atom is 0.241 e. The Labute approximate surface area is 216 Å². The molecule has 3 aromatic carbocycles. The Balaban J connectivity index is 1.50. The molecule has 1 spiro atoms. The van der Waals surface area contributed by atoms with Crippen LogP contribution in [0.1, 0.15) is 26.3 Å². The molecule has 3 aromatic rings. The van der Waals surface area contributed by atoms with Crippen molar-refractivity contribution in [3.63, 3.8) is 0 Å². The van der Waals surface area contributed by atoms with Gasteiger partial charge in [0.05, 0.1) is 33.7 Å². The van der Waals surface area contributed by atoms with Crippen LogP contribution in [-0.4, -0.2) is 35.1 Å². The molecule has 1 aliphatic carbocycles. The molecule has 2 heterocycles. The van der Waals surface area contributed by atoms with Crippen molar-refractivity contribution in [1.29, 1.82) is 0 Å². The van der Waals surface area contributed by atoms with E-state index in [1.165, 1.54) is 24.3 Å². The largest absolute Gasteiger partial charge is 0.350 e. The number of ether oxygens (including phenoxy) is 1. The first-order valence-corrected chi connectivity index (χ1v) is 12.0. The molecule has 6 rings (SSSR count). The minimum atomic E-state index is -2.13. The summed E-state index contributed by atoms with van der Waals surface area (Å²) in [6.45, 7) is 0. The normalized spacial score (nSPS) is 24.3. The summed E-state index contributed by atoms with van der Waals surface area (Å²) in [5.74, 6) is -5.01. The first-order valence-electron chi connectivity index (χ1n) is 11.3. The highest BCUT2D eigenvalue weighted by atomic mass is 35.5. The van der Waals surface area contributed by atoms with Crippen molar-refractivity contribution in [3.8, 4) is 0 Å². The van der Waals surface area contributed by atoms with Crippen LogP contribution >= 0.6 is 23.2 Å². The molecule has 3 atom stereocenters. The van der Waals surface area contributed by atoms with Gasteiger partial charge in [0.25, 0.3) is 0 Å². The fourth-order valence-electron chi connectivity index (χ4n) is 5.41. The van der Waals surface area contributed by atoms with Crippen LogP contribution < -0.4 is 4.90 Å². The number of anilines is 1. The predicted molar refractivity (Wildman–Crippen MR) is 134 cm³/mol. The van der Waals surface area contributed by atoms with Gasteiger partial charge in [-0.3, -0.25) is 19.2 Å². The second-order valence-electron chi connectivity index (χ2n) is 8.88. The molecule has 0 saturated carbocycles. The molecule has 0 aromatic heterocycles. The smallest absolute Gasteiger partial charge is 0.241 e. The van der Waals surface area contributed by atoms with Crippen molar-refractivity contribution in [2.45, 2.75) is 11.7 Å². The van der Waals surface area contributed by atoms with E-state index in [4.69, 9.17) is 27.9 Å². The van der Waals surface area contributed by atoms with Gasteiger partial charge in [0.1, 0.15) is 0 Å². The van der Waals surface area contributed by atoms with Gasteiger partial charge in [0, 0.05) is 11.1 Å². The Morgan fingerprint density at radius 2 is 1.42 bits per heavy atom. The van der Waals surface area contributed by atoms with Crippen LogP contribution in [0.25, 0.3) is 6.08 Å². The lowest BCUT2D eigenvalue weighted by molar-refractivity contribution is -0.126. The Bertz CT molecular complexity index is 1460. The fourth-order valence-corrected chi connectivity index (χ4v) is 5.79. The van der Waals surface area contributed by atoms with E-state index in [2.05, 4.69) is 0 Å². The van der Waals surface area contributed by atoms with Crippen LogP contribution in [0.4, 0.5) is 5.69 Å². The van der Waals surface area contributed by atoms with Gasteiger partial charge in [0.2, 0.25) is 29.0 Å². The van der Waals surface area contributed by atoms with Gasteiger partial charge in [-0.15, -0.1) is 0 Å². The summed E-state index contributed by atoms with van der Waals surface area (Å²) in [6.07, 6.45) is 2.36. The van der Waals surface area contributed by atoms with Crippen LogP contribution in [0.3, 0.4) is 0 Å². The molecule has 2 saturated heterocycles. The van der Waals surface area contributed by atoms with Gasteiger partial charge < -0.3 is 4.74 Å². The average Bonchev–Trinajstić information content (AvgIpc) is 3.45. The zero-order chi connectivity index (χ0) is 25.2. The second kappa shape index (κ2) is 8.23. The van der Waals surface area contributed by atoms with Crippen molar-refractivity contribution in [3.05, 3.63) is 106 Å². The molecular formula is C28H17Cl2NO5. The quantitative estimate of drug-likeness (QED) is 0.359. The number of imide groups is 1. The van der Waals surface area contributed by atoms with Crippen molar-refractivity contribution < 1.29 is 23.9 Å². The van der Waals surface area contributed by atoms with Crippen LogP contribution in [0, 0.1) is 11.8 Å². The number of nitrogens with zero attached hydrogens (tertiary/aromatic N) is 1. The highest BCUT2D eigenvalue weighted by Crippen LogP contribution is 2.54. The monoisotopic (exact) mass is 517 g/mol. The number of fused-ring (bicyclic) bond motifs is 3. The molecular weight excluding hydrogens is 501 g/mol. The highest BCUT2D eigenvalue weighted by Gasteiger charge is 2.74. The van der Waals surface area contributed by atoms with Gasteiger partial charge in [-0.1, -0.05) is 96.0 Å². The zero-order valence-corrected chi connectivity index (χ0v) is 20.1. The third-order valence-corrected chi connectivity index (χ3v) is 7.81. The second-order valence-corrected chi connectivity index (χ2v) is 9.67. The van der Waals surface area contributed by atoms with Crippen molar-refractivity contribution in [1.82, 2.24) is 0 Å². The first-order chi connectivity index (χ1) is 17.4. The topological polar surface area (TPSA) is 80.8 Å². The van der Waals surface area contributed by atoms with Gasteiger partial charge in [-0.25, -0.2) is 4.90 Å². The van der Waals surface area contributed by atoms with E-state index in [1.807, 2.05) is 30.3 Å². The van der Waals surface area contributed by atoms with E-state index in [1.54, 1.807) is 30.4 Å². The lowest BCUT2D eigenvalue weighted by Crippen LogP contribution is -2.51. The van der Waals surface area contributed by atoms with Crippen LogP contribution in [0.2, 0.25) is 10.0 Å². The summed E-state index contributed by atoms with van der Waals surface area (Å²) >= 11 is 12.5. The molecule has 3 aliphatic rings. The maximum absolute atomic E-state index is 13.9. The van der Waals surface area contributed by atoms with Crippen LogP contribution in [0.15, 0.2) is 78.9 Å². The van der Waals surface area contributed by atoms with E-state index >= 15 is 0 Å². The SMILES string of the molecule is O=C1[C@@H]2[C@@H](/C=C/c3ccccc3)OC3(C(=O)c4ccccc4C3=O)[C@H]2C(=O)N1c1cccc(Cl)c1Cl. The molecule has 36 heavy (non-hydrogen) atoms. The number of benzene rings is 3. The molecule has 6 nitrogen and oxygen atoms in total. The third kappa shape index (κ3) is 3.02. The lowest BCUT2D eigenvalue weighted by atomic mass is 9.78. The molecule has 8 heteroatoms. The molecule has 0 bridgehead atoms. The summed E-state index contributed by atoms with van der Waals surface area (Å²) in [4.78, 5) is 56.0. The molecule has 178 valence electrons. The molecule has 0 radical (unpaired) electrons. The Hall–Kier alpha value is -3.58. The number of hydrogen-bond donors (Lipinski definition) is 0. The summed E-state index contributed by atoms with van der Waals surface area (Å²) in [5.41, 5.74) is -0.851. The molecule has 2 amide bonds. The number of halogens is 2. The van der Waals surface area contributed by atoms with E-state index in [-0.39, 0.29) is 26.9 Å². The minimum Gasteiger partial charge on any atom is -0.350 e. The average molecular weight is 518 g/mol. The van der Waals surface area contributed by atoms with E-state index in [0.717, 1.165) is 10.5 Å². The molecule has 0 unspecified atom stereocenters. The Kier molecular flexibility index (Phi) is 5.23. The van der Waals surface area contributed by atoms with Gasteiger partial charge in [-0.2, -0.15) is 0 Å². The van der Waals surface area contributed by atoms with E-state index in [9.17, 15) is 19.2 Å². The highest BCUT2D eigenvalue weighted by molar-refractivity contribution is 6.45. The van der Waals surface area contributed by atoms with Crippen molar-refractivity contribution in [2.24, 2.45) is 11.8 Å². The van der Waals surface area contributed by atoms with Crippen LogP contribution in [0.5, 0.6) is 0 Å². The number of hydrogen-bond acceptors (Lipinski definition) is 5. The zero-order valence-electron chi connectivity index (χ0n) is 18.6. The lowest BCUT2D eigenvalue weighted by Gasteiger charge is -2.27. The number of carbonyl (C=O) groups is 4. The number of Topliss-reactive ketones (excluding diaryl/α,β-unsaturated/α-hetero) is 2. The number of rotatable bonds is 3. The van der Waals surface area contributed by atoms with Gasteiger partial charge in [-0.05, 0) is 17.7 Å². The molecule has 2 fully saturated rings. The van der Waals surface area contributed by atoms with Crippen LogP contribution in [-0.2, 0) is 14.3 Å². The van der Waals surface area contributed by atoms with Crippen molar-refractivity contribution in [2.75, 3.05) is 4.90 Å². The fraction of sp³-hybridized carbons (Fsp3) is 0.143. The first kappa shape index (κ1) is 22.9. The van der Waals surface area contributed by atoms with E-state index < -0.39 is 46.9 Å². The molecule has 0 N–H and O–H groups in total.